The molecule has 284 valence electrons. The minimum atomic E-state index is -0.960. The molecule has 0 spiro atoms. The van der Waals surface area contributed by atoms with E-state index in [0.29, 0.717) is 31.9 Å². The SMILES string of the molecule is C=CC[C@H](CC(=O)N[C@@H](Cc1ccc(OC(C)(C)C)cc1)C(=O)N(Cc1cccc2cn[nH]c12)CC(OCC)OCC)NC(=O)NCc1ccccc1. The van der Waals surface area contributed by atoms with Crippen molar-refractivity contribution in [1.29, 1.82) is 0 Å². The lowest BCUT2D eigenvalue weighted by Crippen LogP contribution is -2.52. The molecule has 4 N–H and O–H groups in total. The van der Waals surface area contributed by atoms with Crippen LogP contribution in [0.1, 0.15) is 64.2 Å². The molecule has 4 rings (SSSR count). The van der Waals surface area contributed by atoms with Crippen molar-refractivity contribution in [2.24, 2.45) is 0 Å². The summed E-state index contributed by atoms with van der Waals surface area (Å²) in [5.41, 5.74) is 3.06. The van der Waals surface area contributed by atoms with Gasteiger partial charge in [-0.3, -0.25) is 14.7 Å². The number of nitrogens with zero attached hydrogens (tertiary/aromatic N) is 2. The van der Waals surface area contributed by atoms with Crippen molar-refractivity contribution in [3.63, 3.8) is 0 Å². The van der Waals surface area contributed by atoms with Crippen molar-refractivity contribution >= 4 is 28.7 Å². The number of para-hydroxylation sites is 1. The molecule has 0 saturated carbocycles. The van der Waals surface area contributed by atoms with Crippen molar-refractivity contribution in [2.45, 2.75) is 90.9 Å². The van der Waals surface area contributed by atoms with Crippen LogP contribution in [0.5, 0.6) is 5.75 Å². The van der Waals surface area contributed by atoms with Crippen molar-refractivity contribution in [3.05, 3.63) is 108 Å². The third kappa shape index (κ3) is 13.4. The van der Waals surface area contributed by atoms with Crippen molar-refractivity contribution in [2.75, 3.05) is 19.8 Å². The number of benzene rings is 3. The van der Waals surface area contributed by atoms with Gasteiger partial charge in [-0.1, -0.05) is 66.7 Å². The first kappa shape index (κ1) is 40.6. The maximum Gasteiger partial charge on any atom is 0.315 e. The van der Waals surface area contributed by atoms with Gasteiger partial charge in [-0.25, -0.2) is 4.79 Å². The largest absolute Gasteiger partial charge is 0.488 e. The average Bonchev–Trinajstić information content (AvgIpc) is 3.61. The monoisotopic (exact) mass is 726 g/mol. The number of hydrogen-bond acceptors (Lipinski definition) is 7. The highest BCUT2D eigenvalue weighted by Crippen LogP contribution is 2.22. The number of aromatic nitrogens is 2. The molecule has 3 aromatic carbocycles. The van der Waals surface area contributed by atoms with E-state index in [9.17, 15) is 14.4 Å². The third-order valence-corrected chi connectivity index (χ3v) is 8.25. The highest BCUT2D eigenvalue weighted by Gasteiger charge is 2.30. The lowest BCUT2D eigenvalue weighted by Gasteiger charge is -2.31. The number of carbonyl (C=O) groups is 3. The van der Waals surface area contributed by atoms with Crippen molar-refractivity contribution in [3.8, 4) is 5.75 Å². The lowest BCUT2D eigenvalue weighted by atomic mass is 10.0. The molecule has 1 heterocycles. The molecular weight excluding hydrogens is 672 g/mol. The smallest absolute Gasteiger partial charge is 0.315 e. The number of hydrogen-bond donors (Lipinski definition) is 4. The molecule has 0 radical (unpaired) electrons. The summed E-state index contributed by atoms with van der Waals surface area (Å²) in [6, 6.07) is 20.9. The Morgan fingerprint density at radius 1 is 0.925 bits per heavy atom. The van der Waals surface area contributed by atoms with Gasteiger partial charge in [-0.2, -0.15) is 5.10 Å². The van der Waals surface area contributed by atoms with Crippen LogP contribution in [-0.2, 0) is 38.6 Å². The molecule has 0 unspecified atom stereocenters. The molecular formula is C41H54N6O6. The number of ether oxygens (including phenoxy) is 3. The van der Waals surface area contributed by atoms with E-state index in [1.54, 1.807) is 17.2 Å². The number of nitrogens with one attached hydrogen (secondary N) is 4. The molecule has 4 amide bonds. The van der Waals surface area contributed by atoms with E-state index in [0.717, 1.165) is 27.6 Å². The molecule has 12 nitrogen and oxygen atoms in total. The molecule has 2 atom stereocenters. The van der Waals surface area contributed by atoms with E-state index in [-0.39, 0.29) is 37.4 Å². The number of aromatic amines is 1. The van der Waals surface area contributed by atoms with E-state index in [2.05, 4.69) is 32.7 Å². The van der Waals surface area contributed by atoms with Crippen LogP contribution in [0.25, 0.3) is 10.9 Å². The zero-order valence-electron chi connectivity index (χ0n) is 31.5. The van der Waals surface area contributed by atoms with E-state index in [1.807, 2.05) is 107 Å². The van der Waals surface area contributed by atoms with E-state index >= 15 is 0 Å². The zero-order chi connectivity index (χ0) is 38.2. The predicted octanol–water partition coefficient (Wildman–Crippen LogP) is 6.03. The molecule has 0 saturated heterocycles. The van der Waals surface area contributed by atoms with Crippen LogP contribution in [-0.4, -0.2) is 76.7 Å². The van der Waals surface area contributed by atoms with Crippen LogP contribution in [0.3, 0.4) is 0 Å². The Labute approximate surface area is 312 Å². The Kier molecular flexibility index (Phi) is 15.4. The summed E-state index contributed by atoms with van der Waals surface area (Å²) >= 11 is 0. The average molecular weight is 727 g/mol. The minimum absolute atomic E-state index is 0.0686. The van der Waals surface area contributed by atoms with Crippen LogP contribution in [0.4, 0.5) is 4.79 Å². The molecule has 0 aliphatic heterocycles. The maximum atomic E-state index is 14.7. The van der Waals surface area contributed by atoms with E-state index in [1.165, 1.54) is 0 Å². The summed E-state index contributed by atoms with van der Waals surface area (Å²) in [5, 5.41) is 16.9. The summed E-state index contributed by atoms with van der Waals surface area (Å²) in [7, 11) is 0. The highest BCUT2D eigenvalue weighted by atomic mass is 16.7. The molecule has 1 aromatic heterocycles. The second-order valence-electron chi connectivity index (χ2n) is 13.7. The van der Waals surface area contributed by atoms with Crippen LogP contribution < -0.4 is 20.7 Å². The minimum Gasteiger partial charge on any atom is -0.488 e. The van der Waals surface area contributed by atoms with Gasteiger partial charge in [0.15, 0.2) is 6.29 Å². The second kappa shape index (κ2) is 20.1. The Morgan fingerprint density at radius 2 is 1.64 bits per heavy atom. The van der Waals surface area contributed by atoms with E-state index in [4.69, 9.17) is 14.2 Å². The second-order valence-corrected chi connectivity index (χ2v) is 13.7. The first-order chi connectivity index (χ1) is 25.5. The summed E-state index contributed by atoms with van der Waals surface area (Å²) < 4.78 is 17.8. The molecule has 0 fully saturated rings. The molecule has 0 bridgehead atoms. The lowest BCUT2D eigenvalue weighted by molar-refractivity contribution is -0.161. The summed E-state index contributed by atoms with van der Waals surface area (Å²) in [5.74, 6) is -0.0150. The summed E-state index contributed by atoms with van der Waals surface area (Å²) in [6.07, 6.45) is 3.19. The van der Waals surface area contributed by atoms with Crippen LogP contribution in [0.15, 0.2) is 91.6 Å². The fraction of sp³-hybridized carbons (Fsp3) is 0.415. The zero-order valence-corrected chi connectivity index (χ0v) is 31.5. The first-order valence-electron chi connectivity index (χ1n) is 18.2. The van der Waals surface area contributed by atoms with Crippen molar-refractivity contribution in [1.82, 2.24) is 31.0 Å². The Bertz CT molecular complexity index is 1750. The molecule has 53 heavy (non-hydrogen) atoms. The van der Waals surface area contributed by atoms with Gasteiger partial charge < -0.3 is 35.1 Å². The quantitative estimate of drug-likeness (QED) is 0.0643. The van der Waals surface area contributed by atoms with Gasteiger partial charge in [0.2, 0.25) is 11.8 Å². The highest BCUT2D eigenvalue weighted by molar-refractivity contribution is 5.89. The Balaban J connectivity index is 1.58. The first-order valence-corrected chi connectivity index (χ1v) is 18.2. The molecule has 0 aliphatic rings. The summed E-state index contributed by atoms with van der Waals surface area (Å²) in [6.45, 7) is 14.9. The van der Waals surface area contributed by atoms with Gasteiger partial charge in [0.05, 0.1) is 18.3 Å². The number of fused-ring (bicyclic) bond motifs is 1. The van der Waals surface area contributed by atoms with Gasteiger partial charge in [0, 0.05) is 50.6 Å². The number of carbonyl (C=O) groups excluding carboxylic acids is 3. The summed E-state index contributed by atoms with van der Waals surface area (Å²) in [4.78, 5) is 43.0. The number of amides is 4. The molecule has 12 heteroatoms. The van der Waals surface area contributed by atoms with Crippen LogP contribution in [0, 0.1) is 0 Å². The topological polar surface area (TPSA) is 147 Å². The third-order valence-electron chi connectivity index (χ3n) is 8.25. The number of H-pyrrole nitrogens is 1. The fourth-order valence-electron chi connectivity index (χ4n) is 5.89. The van der Waals surface area contributed by atoms with E-state index < -0.39 is 30.3 Å². The number of urea groups is 1. The van der Waals surface area contributed by atoms with Crippen molar-refractivity contribution < 1.29 is 28.6 Å². The molecule has 0 aliphatic carbocycles. The van der Waals surface area contributed by atoms with Gasteiger partial charge >= 0.3 is 6.03 Å². The van der Waals surface area contributed by atoms with Gasteiger partial charge in [0.25, 0.3) is 0 Å². The maximum absolute atomic E-state index is 14.7. The van der Waals surface area contributed by atoms with Gasteiger partial charge in [0.1, 0.15) is 17.4 Å². The van der Waals surface area contributed by atoms with Gasteiger partial charge in [-0.05, 0) is 69.9 Å². The standard InChI is InChI=1S/C41H54N6O6/c1-7-14-33(44-40(50)42-25-30-15-11-10-12-16-30)24-36(48)45-35(23-29-19-21-34(22-20-29)53-41(4,5)6)39(49)47(28-37(51-8-2)52-9-3)27-32-18-13-17-31-26-43-46-38(31)32/h7,10-13,15-22,26,33,35,37H,1,8-9,14,23-25,27-28H2,2-6H3,(H,43,46)(H,45,48)(H2,42,44,50)/t33-,35+/m1/s1. The van der Waals surface area contributed by atoms with Gasteiger partial charge in [-0.15, -0.1) is 6.58 Å². The number of rotatable bonds is 20. The predicted molar refractivity (Wildman–Crippen MR) is 206 cm³/mol. The Hall–Kier alpha value is -5.20. The van der Waals surface area contributed by atoms with Crippen LogP contribution >= 0.6 is 0 Å². The Morgan fingerprint density at radius 3 is 2.30 bits per heavy atom. The normalized spacial score (nSPS) is 12.6. The van der Waals surface area contributed by atoms with Crippen LogP contribution in [0.2, 0.25) is 0 Å². The molecule has 4 aromatic rings. The fourth-order valence-corrected chi connectivity index (χ4v) is 5.89.